The first kappa shape index (κ1) is 17.0. The number of amides is 4. The van der Waals surface area contributed by atoms with Gasteiger partial charge in [-0.2, -0.15) is 0 Å². The Morgan fingerprint density at radius 2 is 1.91 bits per heavy atom. The summed E-state index contributed by atoms with van der Waals surface area (Å²) in [4.78, 5) is 49.9. The van der Waals surface area contributed by atoms with Gasteiger partial charge in [0.25, 0.3) is 0 Å². The summed E-state index contributed by atoms with van der Waals surface area (Å²) < 4.78 is 10.0. The third kappa shape index (κ3) is 3.72. The van der Waals surface area contributed by atoms with Crippen LogP contribution >= 0.6 is 0 Å². The number of nitrogens with one attached hydrogen (secondary N) is 1. The Labute approximate surface area is 133 Å². The standard InChI is InChI=1S/C14H21N3O6/c1-14(2,3)23-13(21)17-6-8(5-9(17)11(19)22-4)16-7-10(18)15-12(16)20/h8-9H,5-7H2,1-4H3,(H,15,18,20)/t8-,9+/m1/s1. The van der Waals surface area contributed by atoms with Crippen molar-refractivity contribution in [2.75, 3.05) is 20.2 Å². The van der Waals surface area contributed by atoms with Gasteiger partial charge in [-0.3, -0.25) is 15.0 Å². The van der Waals surface area contributed by atoms with Gasteiger partial charge in [0, 0.05) is 13.0 Å². The fourth-order valence-electron chi connectivity index (χ4n) is 2.67. The normalized spacial score (nSPS) is 24.7. The Hall–Kier alpha value is -2.32. The van der Waals surface area contributed by atoms with E-state index < -0.39 is 41.7 Å². The van der Waals surface area contributed by atoms with E-state index in [2.05, 4.69) is 5.32 Å². The maximum Gasteiger partial charge on any atom is 0.411 e. The highest BCUT2D eigenvalue weighted by molar-refractivity contribution is 6.02. The lowest BCUT2D eigenvalue weighted by molar-refractivity contribution is -0.145. The molecule has 2 saturated heterocycles. The Morgan fingerprint density at radius 1 is 1.26 bits per heavy atom. The minimum absolute atomic E-state index is 0.0838. The molecule has 23 heavy (non-hydrogen) atoms. The van der Waals surface area contributed by atoms with Crippen molar-refractivity contribution < 1.29 is 28.7 Å². The van der Waals surface area contributed by atoms with Crippen molar-refractivity contribution in [2.45, 2.75) is 44.9 Å². The lowest BCUT2D eigenvalue weighted by atomic mass is 10.1. The summed E-state index contributed by atoms with van der Waals surface area (Å²) in [5.41, 5.74) is -0.711. The van der Waals surface area contributed by atoms with Crippen LogP contribution in [0.15, 0.2) is 0 Å². The predicted molar refractivity (Wildman–Crippen MR) is 77.4 cm³/mol. The number of likely N-dealkylation sites (tertiary alicyclic amines) is 1. The Balaban J connectivity index is 2.16. The number of carbonyl (C=O) groups is 4. The second kappa shape index (κ2) is 6.05. The summed E-state index contributed by atoms with van der Waals surface area (Å²) in [7, 11) is 1.23. The van der Waals surface area contributed by atoms with Crippen molar-refractivity contribution in [3.8, 4) is 0 Å². The van der Waals surface area contributed by atoms with Gasteiger partial charge in [0.05, 0.1) is 13.2 Å². The van der Waals surface area contributed by atoms with Crippen LogP contribution in [0.4, 0.5) is 9.59 Å². The summed E-state index contributed by atoms with van der Waals surface area (Å²) >= 11 is 0. The zero-order chi connectivity index (χ0) is 17.4. The number of urea groups is 1. The van der Waals surface area contributed by atoms with Gasteiger partial charge in [-0.15, -0.1) is 0 Å². The molecule has 9 nitrogen and oxygen atoms in total. The molecule has 0 aromatic heterocycles. The van der Waals surface area contributed by atoms with Crippen molar-refractivity contribution in [2.24, 2.45) is 0 Å². The van der Waals surface area contributed by atoms with E-state index in [0.717, 1.165) is 0 Å². The number of rotatable bonds is 2. The van der Waals surface area contributed by atoms with Crippen LogP contribution in [0.1, 0.15) is 27.2 Å². The molecule has 2 fully saturated rings. The van der Waals surface area contributed by atoms with Gasteiger partial charge < -0.3 is 14.4 Å². The Bertz CT molecular complexity index is 541. The fourth-order valence-corrected chi connectivity index (χ4v) is 2.67. The van der Waals surface area contributed by atoms with E-state index >= 15 is 0 Å². The highest BCUT2D eigenvalue weighted by Crippen LogP contribution is 2.26. The molecular weight excluding hydrogens is 306 g/mol. The Kier molecular flexibility index (Phi) is 4.49. The molecule has 2 heterocycles. The minimum atomic E-state index is -0.844. The second-order valence-electron chi connectivity index (χ2n) is 6.54. The summed E-state index contributed by atoms with van der Waals surface area (Å²) in [6.45, 7) is 5.18. The van der Waals surface area contributed by atoms with E-state index in [4.69, 9.17) is 9.47 Å². The molecule has 0 aromatic carbocycles. The molecule has 0 bridgehead atoms. The predicted octanol–water partition coefficient (Wildman–Crippen LogP) is 0.0892. The number of hydrogen-bond acceptors (Lipinski definition) is 6. The van der Waals surface area contributed by atoms with Crippen molar-refractivity contribution in [3.63, 3.8) is 0 Å². The van der Waals surface area contributed by atoms with Gasteiger partial charge in [0.15, 0.2) is 0 Å². The zero-order valence-corrected chi connectivity index (χ0v) is 13.6. The van der Waals surface area contributed by atoms with Crippen molar-refractivity contribution in [1.82, 2.24) is 15.1 Å². The van der Waals surface area contributed by atoms with Gasteiger partial charge >= 0.3 is 18.1 Å². The summed E-state index contributed by atoms with van der Waals surface area (Å²) in [6.07, 6.45) is -0.451. The van der Waals surface area contributed by atoms with Crippen molar-refractivity contribution in [3.05, 3.63) is 0 Å². The largest absolute Gasteiger partial charge is 0.467 e. The lowest BCUT2D eigenvalue weighted by Gasteiger charge is -2.27. The van der Waals surface area contributed by atoms with E-state index in [1.54, 1.807) is 20.8 Å². The summed E-state index contributed by atoms with van der Waals surface area (Å²) in [5.74, 6) is -0.982. The van der Waals surface area contributed by atoms with Crippen LogP contribution in [-0.4, -0.2) is 71.7 Å². The molecule has 0 aliphatic carbocycles. The first-order valence-corrected chi connectivity index (χ1v) is 7.30. The number of hydrogen-bond donors (Lipinski definition) is 1. The van der Waals surface area contributed by atoms with E-state index in [-0.39, 0.29) is 19.5 Å². The van der Waals surface area contributed by atoms with E-state index in [1.807, 2.05) is 0 Å². The topological polar surface area (TPSA) is 105 Å². The molecule has 1 N–H and O–H groups in total. The molecular formula is C14H21N3O6. The summed E-state index contributed by atoms with van der Waals surface area (Å²) in [6, 6.07) is -1.81. The molecule has 2 aliphatic heterocycles. The molecule has 4 amide bonds. The number of carbonyl (C=O) groups excluding carboxylic acids is 4. The van der Waals surface area contributed by atoms with Crippen LogP contribution in [0.2, 0.25) is 0 Å². The van der Waals surface area contributed by atoms with Gasteiger partial charge in [-0.05, 0) is 20.8 Å². The molecule has 0 spiro atoms. The van der Waals surface area contributed by atoms with Crippen molar-refractivity contribution >= 4 is 24.0 Å². The first-order valence-electron chi connectivity index (χ1n) is 7.30. The average molecular weight is 327 g/mol. The minimum Gasteiger partial charge on any atom is -0.467 e. The zero-order valence-electron chi connectivity index (χ0n) is 13.6. The number of ether oxygens (including phenoxy) is 2. The van der Waals surface area contributed by atoms with Crippen LogP contribution in [0.25, 0.3) is 0 Å². The third-order valence-corrected chi connectivity index (χ3v) is 3.64. The number of imide groups is 1. The summed E-state index contributed by atoms with van der Waals surface area (Å²) in [5, 5.41) is 2.18. The van der Waals surface area contributed by atoms with Gasteiger partial charge in [-0.25, -0.2) is 14.4 Å². The van der Waals surface area contributed by atoms with E-state index in [0.29, 0.717) is 0 Å². The molecule has 0 unspecified atom stereocenters. The van der Waals surface area contributed by atoms with Gasteiger partial charge in [0.1, 0.15) is 18.2 Å². The number of esters is 1. The fraction of sp³-hybridized carbons (Fsp3) is 0.714. The third-order valence-electron chi connectivity index (χ3n) is 3.64. The quantitative estimate of drug-likeness (QED) is 0.569. The first-order chi connectivity index (χ1) is 10.6. The maximum absolute atomic E-state index is 12.3. The smallest absolute Gasteiger partial charge is 0.411 e. The Morgan fingerprint density at radius 3 is 2.39 bits per heavy atom. The molecule has 2 rings (SSSR count). The molecule has 0 aromatic rings. The molecule has 0 radical (unpaired) electrons. The second-order valence-corrected chi connectivity index (χ2v) is 6.54. The van der Waals surface area contributed by atoms with Crippen LogP contribution in [0, 0.1) is 0 Å². The van der Waals surface area contributed by atoms with Gasteiger partial charge in [0.2, 0.25) is 5.91 Å². The lowest BCUT2D eigenvalue weighted by Crippen LogP contribution is -2.44. The highest BCUT2D eigenvalue weighted by atomic mass is 16.6. The highest BCUT2D eigenvalue weighted by Gasteiger charge is 2.46. The average Bonchev–Trinajstić information content (AvgIpc) is 2.99. The van der Waals surface area contributed by atoms with E-state index in [1.165, 1.54) is 16.9 Å². The monoisotopic (exact) mass is 327 g/mol. The SMILES string of the molecule is COC(=O)[C@@H]1C[C@@H](N2CC(=O)NC2=O)CN1C(=O)OC(C)(C)C. The molecule has 9 heteroatoms. The molecule has 2 aliphatic rings. The van der Waals surface area contributed by atoms with Crippen molar-refractivity contribution in [1.29, 1.82) is 0 Å². The van der Waals surface area contributed by atoms with E-state index in [9.17, 15) is 19.2 Å². The molecule has 0 saturated carbocycles. The number of methoxy groups -OCH3 is 1. The maximum atomic E-state index is 12.3. The van der Waals surface area contributed by atoms with Crippen LogP contribution < -0.4 is 5.32 Å². The van der Waals surface area contributed by atoms with Crippen LogP contribution in [-0.2, 0) is 19.1 Å². The number of nitrogens with zero attached hydrogens (tertiary/aromatic N) is 2. The molecule has 128 valence electrons. The van der Waals surface area contributed by atoms with Crippen LogP contribution in [0.5, 0.6) is 0 Å². The van der Waals surface area contributed by atoms with Crippen LogP contribution in [0.3, 0.4) is 0 Å². The van der Waals surface area contributed by atoms with Gasteiger partial charge in [-0.1, -0.05) is 0 Å². The molecule has 2 atom stereocenters.